The summed E-state index contributed by atoms with van der Waals surface area (Å²) in [4.78, 5) is 0. The smallest absolute Gasteiger partial charge is 0.352 e. The monoisotopic (exact) mass is 309 g/mol. The van der Waals surface area contributed by atoms with E-state index in [0.717, 1.165) is 12.1 Å². The predicted octanol–water partition coefficient (Wildman–Crippen LogP) is 3.33. The molecule has 3 nitrogen and oxygen atoms in total. The lowest BCUT2D eigenvalue weighted by molar-refractivity contribution is -0.138. The number of benzene rings is 1. The van der Waals surface area contributed by atoms with E-state index >= 15 is 0 Å². The molecular formula is C14H19F4NO2. The van der Waals surface area contributed by atoms with E-state index in [1.54, 1.807) is 0 Å². The van der Waals surface area contributed by atoms with Crippen LogP contribution in [0.3, 0.4) is 0 Å². The first kappa shape index (κ1) is 17.9. The fourth-order valence-corrected chi connectivity index (χ4v) is 1.79. The number of alkyl halides is 3. The van der Waals surface area contributed by atoms with Gasteiger partial charge in [-0.25, -0.2) is 4.39 Å². The number of ether oxygens (including phenoxy) is 2. The lowest BCUT2D eigenvalue weighted by Crippen LogP contribution is -2.31. The van der Waals surface area contributed by atoms with Gasteiger partial charge in [-0.05, 0) is 37.6 Å². The normalized spacial score (nSPS) is 12.1. The van der Waals surface area contributed by atoms with Gasteiger partial charge in [-0.2, -0.15) is 13.2 Å². The highest BCUT2D eigenvalue weighted by Gasteiger charge is 2.31. The Bertz CT molecular complexity index is 431. The second-order valence-corrected chi connectivity index (χ2v) is 4.32. The fourth-order valence-electron chi connectivity index (χ4n) is 1.79. The van der Waals surface area contributed by atoms with E-state index in [9.17, 15) is 17.6 Å². The van der Waals surface area contributed by atoms with E-state index in [1.165, 1.54) is 0 Å². The second-order valence-electron chi connectivity index (χ2n) is 4.32. The molecule has 0 saturated heterocycles. The van der Waals surface area contributed by atoms with E-state index in [0.29, 0.717) is 25.8 Å². The first-order chi connectivity index (χ1) is 9.86. The van der Waals surface area contributed by atoms with Crippen LogP contribution >= 0.6 is 0 Å². The molecule has 1 N–H and O–H groups in total. The summed E-state index contributed by atoms with van der Waals surface area (Å²) in [5.41, 5.74) is -0.778. The number of rotatable bonds is 8. The van der Waals surface area contributed by atoms with Crippen LogP contribution in [0.15, 0.2) is 18.2 Å². The van der Waals surface area contributed by atoms with Crippen LogP contribution in [-0.4, -0.2) is 26.0 Å². The molecule has 0 aliphatic carbocycles. The van der Waals surface area contributed by atoms with E-state index in [-0.39, 0.29) is 12.1 Å². The van der Waals surface area contributed by atoms with Crippen molar-refractivity contribution in [2.75, 3.05) is 19.8 Å². The number of hydrogen-bond donors (Lipinski definition) is 1. The van der Waals surface area contributed by atoms with E-state index < -0.39 is 23.8 Å². The first-order valence-electron chi connectivity index (χ1n) is 6.67. The van der Waals surface area contributed by atoms with Gasteiger partial charge in [0.25, 0.3) is 0 Å². The van der Waals surface area contributed by atoms with Crippen molar-refractivity contribution in [3.8, 4) is 0 Å². The fraction of sp³-hybridized carbons (Fsp3) is 0.571. The summed E-state index contributed by atoms with van der Waals surface area (Å²) in [7, 11) is 0. The van der Waals surface area contributed by atoms with Crippen LogP contribution in [0, 0.1) is 5.82 Å². The van der Waals surface area contributed by atoms with Gasteiger partial charge in [0, 0.05) is 26.3 Å². The average molecular weight is 309 g/mol. The van der Waals surface area contributed by atoms with Gasteiger partial charge in [0.15, 0.2) is 6.29 Å². The van der Waals surface area contributed by atoms with Crippen molar-refractivity contribution in [1.29, 1.82) is 0 Å². The predicted molar refractivity (Wildman–Crippen MR) is 70.1 cm³/mol. The van der Waals surface area contributed by atoms with Crippen LogP contribution in [0.4, 0.5) is 17.6 Å². The molecule has 7 heteroatoms. The minimum atomic E-state index is -4.56. The van der Waals surface area contributed by atoms with Crippen molar-refractivity contribution in [3.05, 3.63) is 35.1 Å². The molecular weight excluding hydrogens is 290 g/mol. The van der Waals surface area contributed by atoms with Crippen molar-refractivity contribution in [1.82, 2.24) is 5.32 Å². The molecule has 1 rings (SSSR count). The zero-order valence-corrected chi connectivity index (χ0v) is 12.0. The molecule has 0 saturated carbocycles. The van der Waals surface area contributed by atoms with Crippen LogP contribution in [-0.2, 0) is 22.2 Å². The number of halogens is 4. The molecule has 0 fully saturated rings. The van der Waals surface area contributed by atoms with Crippen molar-refractivity contribution < 1.29 is 27.0 Å². The molecule has 0 radical (unpaired) electrons. The molecule has 0 bridgehead atoms. The molecule has 120 valence electrons. The topological polar surface area (TPSA) is 30.5 Å². The van der Waals surface area contributed by atoms with Crippen LogP contribution in [0.2, 0.25) is 0 Å². The van der Waals surface area contributed by atoms with Crippen molar-refractivity contribution in [2.45, 2.75) is 32.9 Å². The number of hydrogen-bond acceptors (Lipinski definition) is 3. The van der Waals surface area contributed by atoms with Gasteiger partial charge in [-0.3, -0.25) is 0 Å². The quantitative estimate of drug-likeness (QED) is 0.590. The van der Waals surface area contributed by atoms with Crippen LogP contribution in [0.25, 0.3) is 0 Å². The molecule has 0 aliphatic heterocycles. The molecule has 0 amide bonds. The highest BCUT2D eigenvalue weighted by atomic mass is 19.4. The molecule has 0 spiro atoms. The van der Waals surface area contributed by atoms with Gasteiger partial charge in [-0.1, -0.05) is 0 Å². The van der Waals surface area contributed by atoms with Gasteiger partial charge in [0.2, 0.25) is 0 Å². The van der Waals surface area contributed by atoms with Gasteiger partial charge in [0.1, 0.15) is 5.82 Å². The Kier molecular flexibility index (Phi) is 7.07. The molecule has 0 heterocycles. The Morgan fingerprint density at radius 3 is 2.24 bits per heavy atom. The van der Waals surface area contributed by atoms with Gasteiger partial charge in [0.05, 0.1) is 5.56 Å². The van der Waals surface area contributed by atoms with Crippen molar-refractivity contribution in [2.24, 2.45) is 0 Å². The SMILES string of the molecule is CCOC(CNCc1cc(F)cc(C(F)(F)F)c1)OCC. The Hall–Kier alpha value is -1.18. The summed E-state index contributed by atoms with van der Waals surface area (Å²) in [6.45, 7) is 4.95. The lowest BCUT2D eigenvalue weighted by Gasteiger charge is -2.17. The van der Waals surface area contributed by atoms with Crippen molar-refractivity contribution in [3.63, 3.8) is 0 Å². The summed E-state index contributed by atoms with van der Waals surface area (Å²) in [6, 6.07) is 2.47. The third-order valence-corrected chi connectivity index (χ3v) is 2.63. The average Bonchev–Trinajstić information content (AvgIpc) is 2.37. The maximum atomic E-state index is 13.2. The number of nitrogens with one attached hydrogen (secondary N) is 1. The van der Waals surface area contributed by atoms with Crippen LogP contribution < -0.4 is 5.32 Å². The standard InChI is InChI=1S/C14H19F4NO2/c1-3-20-13(21-4-2)9-19-8-10-5-11(14(16,17)18)7-12(15)6-10/h5-7,13,19H,3-4,8-9H2,1-2H3. The minimum Gasteiger partial charge on any atom is -0.352 e. The highest BCUT2D eigenvalue weighted by Crippen LogP contribution is 2.30. The zero-order valence-electron chi connectivity index (χ0n) is 12.0. The zero-order chi connectivity index (χ0) is 15.9. The minimum absolute atomic E-state index is 0.0947. The highest BCUT2D eigenvalue weighted by molar-refractivity contribution is 5.26. The first-order valence-corrected chi connectivity index (χ1v) is 6.67. The molecule has 0 atom stereocenters. The maximum absolute atomic E-state index is 13.2. The van der Waals surface area contributed by atoms with Gasteiger partial charge < -0.3 is 14.8 Å². The summed E-state index contributed by atoms with van der Waals surface area (Å²) >= 11 is 0. The molecule has 0 unspecified atom stereocenters. The van der Waals surface area contributed by atoms with Gasteiger partial charge in [-0.15, -0.1) is 0 Å². The van der Waals surface area contributed by atoms with Gasteiger partial charge >= 0.3 is 6.18 Å². The third kappa shape index (κ3) is 6.41. The largest absolute Gasteiger partial charge is 0.416 e. The Labute approximate surface area is 121 Å². The molecule has 0 aliphatic rings. The lowest BCUT2D eigenvalue weighted by atomic mass is 10.1. The van der Waals surface area contributed by atoms with E-state index in [2.05, 4.69) is 5.32 Å². The van der Waals surface area contributed by atoms with E-state index in [1.807, 2.05) is 13.8 Å². The summed E-state index contributed by atoms with van der Waals surface area (Å²) in [5.74, 6) is -0.909. The summed E-state index contributed by atoms with van der Waals surface area (Å²) in [5, 5.41) is 2.89. The summed E-state index contributed by atoms with van der Waals surface area (Å²) in [6.07, 6.45) is -5.04. The molecule has 21 heavy (non-hydrogen) atoms. The third-order valence-electron chi connectivity index (χ3n) is 2.63. The molecule has 1 aromatic rings. The Morgan fingerprint density at radius 2 is 1.71 bits per heavy atom. The molecule has 1 aromatic carbocycles. The maximum Gasteiger partial charge on any atom is 0.416 e. The summed E-state index contributed by atoms with van der Waals surface area (Å²) < 4.78 is 61.5. The van der Waals surface area contributed by atoms with Crippen molar-refractivity contribution >= 4 is 0 Å². The Balaban J connectivity index is 2.61. The second kappa shape index (κ2) is 8.31. The van der Waals surface area contributed by atoms with E-state index in [4.69, 9.17) is 9.47 Å². The molecule has 0 aromatic heterocycles. The van der Waals surface area contributed by atoms with Crippen LogP contribution in [0.5, 0.6) is 0 Å². The van der Waals surface area contributed by atoms with Crippen LogP contribution in [0.1, 0.15) is 25.0 Å². The Morgan fingerprint density at radius 1 is 1.10 bits per heavy atom.